The van der Waals surface area contributed by atoms with E-state index in [1.54, 1.807) is 60.7 Å². The minimum absolute atomic E-state index is 0.0201. The van der Waals surface area contributed by atoms with E-state index in [1.165, 1.54) is 12.1 Å². The first kappa shape index (κ1) is 25.0. The van der Waals surface area contributed by atoms with Crippen molar-refractivity contribution < 1.29 is 28.2 Å². The fourth-order valence-electron chi connectivity index (χ4n) is 3.22. The van der Waals surface area contributed by atoms with E-state index in [9.17, 15) is 18.3 Å². The van der Waals surface area contributed by atoms with Gasteiger partial charge >= 0.3 is 5.97 Å². The van der Waals surface area contributed by atoms with Crippen LogP contribution in [0.15, 0.2) is 89.8 Å². The molecule has 0 aliphatic carbocycles. The van der Waals surface area contributed by atoms with Crippen molar-refractivity contribution in [1.82, 2.24) is 0 Å². The molecule has 0 radical (unpaired) electrons. The number of rotatable bonds is 12. The molecule has 1 unspecified atom stereocenters. The Kier molecular flexibility index (Phi) is 8.84. The second-order valence-electron chi connectivity index (χ2n) is 7.61. The Morgan fingerprint density at radius 2 is 1.74 bits per heavy atom. The zero-order valence-corrected chi connectivity index (χ0v) is 19.3. The zero-order chi connectivity index (χ0) is 24.4. The summed E-state index contributed by atoms with van der Waals surface area (Å²) in [6.45, 7) is 0.256. The summed E-state index contributed by atoms with van der Waals surface area (Å²) in [5.74, 6) is -0.259. The number of carbonyl (C=O) groups is 1. The molecule has 0 saturated carbocycles. The Morgan fingerprint density at radius 3 is 2.50 bits per heavy atom. The average Bonchev–Trinajstić information content (AvgIpc) is 2.82. The lowest BCUT2D eigenvalue weighted by molar-refractivity contribution is -0.136. The predicted molar refractivity (Wildman–Crippen MR) is 131 cm³/mol. The second kappa shape index (κ2) is 12.0. The van der Waals surface area contributed by atoms with Crippen LogP contribution in [0.25, 0.3) is 6.08 Å². The minimum atomic E-state index is -3.68. The molecule has 0 spiro atoms. The van der Waals surface area contributed by atoms with Gasteiger partial charge < -0.3 is 14.9 Å². The number of hydrogen-bond donors (Lipinski definition) is 3. The number of benzene rings is 3. The molecule has 3 aromatic carbocycles. The molecule has 0 amide bonds. The molecule has 0 fully saturated rings. The van der Waals surface area contributed by atoms with Crippen LogP contribution in [0.1, 0.15) is 24.0 Å². The summed E-state index contributed by atoms with van der Waals surface area (Å²) < 4.78 is 33.3. The third-order valence-electron chi connectivity index (χ3n) is 4.96. The van der Waals surface area contributed by atoms with Gasteiger partial charge in [0.25, 0.3) is 10.0 Å². The molecule has 0 bridgehead atoms. The number of sulfonamides is 1. The molecule has 3 rings (SSSR count). The van der Waals surface area contributed by atoms with Crippen molar-refractivity contribution >= 4 is 27.8 Å². The Balaban J connectivity index is 1.54. The zero-order valence-electron chi connectivity index (χ0n) is 18.5. The van der Waals surface area contributed by atoms with Gasteiger partial charge in [0, 0.05) is 18.5 Å². The maximum Gasteiger partial charge on any atom is 0.303 e. The van der Waals surface area contributed by atoms with E-state index in [-0.39, 0.29) is 17.9 Å². The molecule has 0 heterocycles. The number of carboxylic acids is 1. The lowest BCUT2D eigenvalue weighted by atomic mass is 10.1. The van der Waals surface area contributed by atoms with E-state index >= 15 is 0 Å². The molecule has 3 N–H and O–H groups in total. The van der Waals surface area contributed by atoms with E-state index in [0.29, 0.717) is 24.3 Å². The standard InChI is InChI=1S/C26H27NO6S/c28-23(17-18-33-25-12-5-4-8-21(25)14-16-26(29)30)15-13-20-7-6-9-22(19-20)27-34(31,32)24-10-2-1-3-11-24/h1-13,15,19,23,27-28H,14,16-18H2,(H,29,30)/b15-13+. The number of carboxylic acid groups (broad SMARTS) is 1. The van der Waals surface area contributed by atoms with E-state index in [1.807, 2.05) is 18.2 Å². The summed E-state index contributed by atoms with van der Waals surface area (Å²) in [5, 5.41) is 19.2. The Bertz CT molecular complexity index is 1220. The third kappa shape index (κ3) is 7.75. The van der Waals surface area contributed by atoms with Gasteiger partial charge in [0.2, 0.25) is 0 Å². The van der Waals surface area contributed by atoms with E-state index in [2.05, 4.69) is 4.72 Å². The highest BCUT2D eigenvalue weighted by Crippen LogP contribution is 2.21. The summed E-state index contributed by atoms with van der Waals surface area (Å²) in [7, 11) is -3.68. The third-order valence-corrected chi connectivity index (χ3v) is 6.35. The monoisotopic (exact) mass is 481 g/mol. The molecule has 0 aromatic heterocycles. The number of aryl methyl sites for hydroxylation is 1. The van der Waals surface area contributed by atoms with Gasteiger partial charge in [0.1, 0.15) is 5.75 Å². The highest BCUT2D eigenvalue weighted by molar-refractivity contribution is 7.92. The van der Waals surface area contributed by atoms with Crippen molar-refractivity contribution in [3.63, 3.8) is 0 Å². The first-order chi connectivity index (χ1) is 16.3. The number of aliphatic hydroxyl groups excluding tert-OH is 1. The van der Waals surface area contributed by atoms with Crippen molar-refractivity contribution in [1.29, 1.82) is 0 Å². The number of anilines is 1. The molecule has 34 heavy (non-hydrogen) atoms. The number of ether oxygens (including phenoxy) is 1. The molecule has 0 aliphatic rings. The maximum absolute atomic E-state index is 12.5. The molecule has 8 heteroatoms. The van der Waals surface area contributed by atoms with Crippen LogP contribution in [0.2, 0.25) is 0 Å². The summed E-state index contributed by atoms with van der Waals surface area (Å²) >= 11 is 0. The summed E-state index contributed by atoms with van der Waals surface area (Å²) in [6.07, 6.45) is 3.29. The largest absolute Gasteiger partial charge is 0.493 e. The van der Waals surface area contributed by atoms with Gasteiger partial charge in [-0.05, 0) is 47.9 Å². The van der Waals surface area contributed by atoms with Crippen molar-refractivity contribution in [2.24, 2.45) is 0 Å². The van der Waals surface area contributed by atoms with Crippen LogP contribution in [-0.4, -0.2) is 37.3 Å². The van der Waals surface area contributed by atoms with Crippen molar-refractivity contribution in [2.45, 2.75) is 30.3 Å². The summed E-state index contributed by atoms with van der Waals surface area (Å²) in [5.41, 5.74) is 1.96. The molecule has 178 valence electrons. The minimum Gasteiger partial charge on any atom is -0.493 e. The van der Waals surface area contributed by atoms with Crippen LogP contribution in [0.3, 0.4) is 0 Å². The van der Waals surface area contributed by atoms with Crippen LogP contribution in [0, 0.1) is 0 Å². The fourth-order valence-corrected chi connectivity index (χ4v) is 4.29. The SMILES string of the molecule is O=C(O)CCc1ccccc1OCCC(O)/C=C/c1cccc(NS(=O)(=O)c2ccccc2)c1. The number of para-hydroxylation sites is 1. The first-order valence-corrected chi connectivity index (χ1v) is 12.3. The van der Waals surface area contributed by atoms with Gasteiger partial charge in [-0.15, -0.1) is 0 Å². The van der Waals surface area contributed by atoms with Crippen molar-refractivity contribution in [3.05, 3.63) is 96.1 Å². The second-order valence-corrected chi connectivity index (χ2v) is 9.29. The normalized spacial score (nSPS) is 12.4. The number of aliphatic carboxylic acids is 1. The van der Waals surface area contributed by atoms with Crippen LogP contribution < -0.4 is 9.46 Å². The highest BCUT2D eigenvalue weighted by Gasteiger charge is 2.13. The highest BCUT2D eigenvalue weighted by atomic mass is 32.2. The van der Waals surface area contributed by atoms with E-state index in [0.717, 1.165) is 11.1 Å². The number of hydrogen-bond acceptors (Lipinski definition) is 5. The number of aliphatic hydroxyl groups is 1. The Morgan fingerprint density at radius 1 is 1.00 bits per heavy atom. The Labute approximate surface area is 199 Å². The van der Waals surface area contributed by atoms with Gasteiger partial charge in [-0.3, -0.25) is 9.52 Å². The van der Waals surface area contributed by atoms with Gasteiger partial charge in [-0.2, -0.15) is 0 Å². The van der Waals surface area contributed by atoms with Crippen LogP contribution in [0.5, 0.6) is 5.75 Å². The quantitative estimate of drug-likeness (QED) is 0.355. The Hall–Kier alpha value is -3.62. The molecule has 0 aliphatic heterocycles. The lowest BCUT2D eigenvalue weighted by Gasteiger charge is -2.12. The molecular formula is C26H27NO6S. The first-order valence-electron chi connectivity index (χ1n) is 10.8. The van der Waals surface area contributed by atoms with Gasteiger partial charge in [0.05, 0.1) is 17.6 Å². The average molecular weight is 482 g/mol. The molecular weight excluding hydrogens is 454 g/mol. The fraction of sp³-hybridized carbons (Fsp3) is 0.192. The van der Waals surface area contributed by atoms with Crippen molar-refractivity contribution in [3.8, 4) is 5.75 Å². The summed E-state index contributed by atoms with van der Waals surface area (Å²) in [4.78, 5) is 11.0. The number of nitrogens with one attached hydrogen (secondary N) is 1. The van der Waals surface area contributed by atoms with Gasteiger partial charge in [-0.1, -0.05) is 60.7 Å². The van der Waals surface area contributed by atoms with Gasteiger partial charge in [0.15, 0.2) is 0 Å². The lowest BCUT2D eigenvalue weighted by Crippen LogP contribution is -2.12. The smallest absolute Gasteiger partial charge is 0.303 e. The van der Waals surface area contributed by atoms with Crippen LogP contribution in [0.4, 0.5) is 5.69 Å². The van der Waals surface area contributed by atoms with E-state index in [4.69, 9.17) is 9.84 Å². The molecule has 7 nitrogen and oxygen atoms in total. The maximum atomic E-state index is 12.5. The van der Waals surface area contributed by atoms with E-state index < -0.39 is 22.1 Å². The van der Waals surface area contributed by atoms with Crippen molar-refractivity contribution in [2.75, 3.05) is 11.3 Å². The van der Waals surface area contributed by atoms with Crippen LogP contribution >= 0.6 is 0 Å². The topological polar surface area (TPSA) is 113 Å². The molecule has 3 aromatic rings. The summed E-state index contributed by atoms with van der Waals surface area (Å²) in [6, 6.07) is 22.2. The predicted octanol–water partition coefficient (Wildman–Crippen LogP) is 4.35. The van der Waals surface area contributed by atoms with Gasteiger partial charge in [-0.25, -0.2) is 8.42 Å². The molecule has 0 saturated heterocycles. The molecule has 1 atom stereocenters. The van der Waals surface area contributed by atoms with Crippen LogP contribution in [-0.2, 0) is 21.2 Å².